The number of benzene rings is 1. The molecule has 0 unspecified atom stereocenters. The number of aromatic nitrogens is 2. The van der Waals surface area contributed by atoms with Gasteiger partial charge in [0.2, 0.25) is 17.3 Å². The van der Waals surface area contributed by atoms with Crippen LogP contribution in [0.2, 0.25) is 0 Å². The Bertz CT molecular complexity index is 1540. The van der Waals surface area contributed by atoms with Gasteiger partial charge in [0.1, 0.15) is 17.3 Å². The fraction of sp³-hybridized carbons (Fsp3) is 0.419. The topological polar surface area (TPSA) is 128 Å². The predicted octanol–water partition coefficient (Wildman–Crippen LogP) is 7.31. The first-order valence-electron chi connectivity index (χ1n) is 13.5. The van der Waals surface area contributed by atoms with Crippen LogP contribution in [0, 0.1) is 77.1 Å². The summed E-state index contributed by atoms with van der Waals surface area (Å²) >= 11 is 0. The van der Waals surface area contributed by atoms with Crippen LogP contribution < -0.4 is 0 Å². The van der Waals surface area contributed by atoms with Gasteiger partial charge in [0.15, 0.2) is 0 Å². The summed E-state index contributed by atoms with van der Waals surface area (Å²) in [6.07, 6.45) is -13.9. The first-order chi connectivity index (χ1) is 21.6. The van der Waals surface area contributed by atoms with Crippen LogP contribution >= 0.6 is 0 Å². The van der Waals surface area contributed by atoms with Gasteiger partial charge in [0.05, 0.1) is 30.3 Å². The van der Waals surface area contributed by atoms with Crippen LogP contribution in [0.15, 0.2) is 24.5 Å². The summed E-state index contributed by atoms with van der Waals surface area (Å²) < 4.78 is 102. The number of aryl methyl sites for hydroxylation is 4. The van der Waals surface area contributed by atoms with Gasteiger partial charge in [-0.05, 0) is 70.7 Å². The Hall–Kier alpha value is -2.99. The van der Waals surface area contributed by atoms with Crippen LogP contribution in [0.25, 0.3) is 21.8 Å². The molecule has 18 heteroatoms. The normalized spacial score (nSPS) is 11.0. The molecule has 0 aliphatic carbocycles. The van der Waals surface area contributed by atoms with E-state index in [-0.39, 0.29) is 49.4 Å². The number of pyridine rings is 2. The monoisotopic (exact) mass is 851 g/mol. The number of carbonyl (C=O) groups is 6. The second-order valence-corrected chi connectivity index (χ2v) is 10.4. The molecular weight excluding hydrogens is 819 g/mol. The number of fused-ring (bicyclic) bond motifs is 3. The molecule has 0 fully saturated rings. The number of nitrogens with zero attached hydrogens (tertiary/aromatic N) is 2. The molecule has 0 amide bonds. The molecule has 8 nitrogen and oxygen atoms in total. The number of hydrogen-bond acceptors (Lipinski definition) is 8. The summed E-state index contributed by atoms with van der Waals surface area (Å²) in [5.41, 5.74) is 7.07. The molecule has 3 rings (SSSR count). The first kappa shape index (κ1) is 48.1. The van der Waals surface area contributed by atoms with Crippen molar-refractivity contribution in [2.75, 3.05) is 0 Å². The number of halogens is 9. The Morgan fingerprint density at radius 1 is 0.510 bits per heavy atom. The third kappa shape index (κ3) is 17.0. The fourth-order valence-electron chi connectivity index (χ4n) is 3.37. The maximum atomic E-state index is 11.3. The SMILES string of the molecule is CC(=O)CC(=O)C(F)(F)F.CC(=O)CC(=O)C(F)(F)F.CC(=O)CC(=O)C(F)(F)F.Cc1cnc2c(ccc3c(C)c(C)cnc32)c1C.[Eu]. The minimum atomic E-state index is -4.87. The van der Waals surface area contributed by atoms with E-state index in [2.05, 4.69) is 49.8 Å². The largest absolute Gasteiger partial charge is 0.450 e. The van der Waals surface area contributed by atoms with E-state index in [9.17, 15) is 68.3 Å². The summed E-state index contributed by atoms with van der Waals surface area (Å²) in [6, 6.07) is 4.34. The Labute approximate surface area is 315 Å². The van der Waals surface area contributed by atoms with E-state index in [4.69, 9.17) is 0 Å². The number of rotatable bonds is 6. The minimum Gasteiger partial charge on any atom is -0.300 e. The zero-order valence-electron chi connectivity index (χ0n) is 27.1. The molecule has 0 aliphatic rings. The summed E-state index contributed by atoms with van der Waals surface area (Å²) in [4.78, 5) is 68.9. The van der Waals surface area contributed by atoms with Gasteiger partial charge in [-0.15, -0.1) is 0 Å². The van der Waals surface area contributed by atoms with Crippen molar-refractivity contribution >= 4 is 56.5 Å². The van der Waals surface area contributed by atoms with E-state index in [1.54, 1.807) is 0 Å². The maximum absolute atomic E-state index is 11.3. The van der Waals surface area contributed by atoms with E-state index >= 15 is 0 Å². The zero-order valence-corrected chi connectivity index (χ0v) is 29.5. The smallest absolute Gasteiger partial charge is 0.300 e. The molecule has 271 valence electrons. The van der Waals surface area contributed by atoms with Crippen molar-refractivity contribution in [2.24, 2.45) is 0 Å². The summed E-state index contributed by atoms with van der Waals surface area (Å²) in [5, 5.41) is 2.41. The molecule has 0 N–H and O–H groups in total. The minimum absolute atomic E-state index is 0. The zero-order chi connectivity index (χ0) is 37.9. The van der Waals surface area contributed by atoms with Gasteiger partial charge in [0, 0.05) is 72.5 Å². The molecule has 3 aromatic rings. The van der Waals surface area contributed by atoms with Crippen LogP contribution in [0.1, 0.15) is 62.3 Å². The molecule has 2 heterocycles. The van der Waals surface area contributed by atoms with Crippen molar-refractivity contribution in [3.05, 3.63) is 46.8 Å². The molecule has 0 saturated heterocycles. The van der Waals surface area contributed by atoms with Crippen LogP contribution in [0.4, 0.5) is 39.5 Å². The van der Waals surface area contributed by atoms with Gasteiger partial charge < -0.3 is 0 Å². The van der Waals surface area contributed by atoms with Crippen molar-refractivity contribution in [2.45, 2.75) is 86.3 Å². The number of alkyl halides is 9. The van der Waals surface area contributed by atoms with Crippen molar-refractivity contribution in [1.82, 2.24) is 9.97 Å². The molecule has 49 heavy (non-hydrogen) atoms. The Morgan fingerprint density at radius 2 is 0.735 bits per heavy atom. The summed E-state index contributed by atoms with van der Waals surface area (Å²) in [6.45, 7) is 11.3. The van der Waals surface area contributed by atoms with E-state index < -0.39 is 72.5 Å². The molecule has 0 bridgehead atoms. The van der Waals surface area contributed by atoms with Gasteiger partial charge in [-0.3, -0.25) is 38.7 Å². The Morgan fingerprint density at radius 3 is 0.898 bits per heavy atom. The third-order valence-electron chi connectivity index (χ3n) is 6.09. The van der Waals surface area contributed by atoms with Crippen LogP contribution in [0.5, 0.6) is 0 Å². The average Bonchev–Trinajstić information content (AvgIpc) is 2.91. The van der Waals surface area contributed by atoms with E-state index in [1.165, 1.54) is 33.0 Å². The molecular formula is C31H31EuF9N2O6. The van der Waals surface area contributed by atoms with Gasteiger partial charge in [-0.1, -0.05) is 12.1 Å². The summed E-state index contributed by atoms with van der Waals surface area (Å²) in [7, 11) is 0. The van der Waals surface area contributed by atoms with Crippen molar-refractivity contribution in [3.8, 4) is 0 Å². The Balaban J connectivity index is 0. The molecule has 0 atom stereocenters. The number of carbonyl (C=O) groups excluding carboxylic acids is 6. The molecule has 2 aromatic heterocycles. The van der Waals surface area contributed by atoms with E-state index in [0.717, 1.165) is 31.8 Å². The third-order valence-corrected chi connectivity index (χ3v) is 6.09. The maximum Gasteiger partial charge on any atom is 0.450 e. The first-order valence-corrected chi connectivity index (χ1v) is 13.5. The van der Waals surface area contributed by atoms with Gasteiger partial charge in [-0.25, -0.2) is 0 Å². The second kappa shape index (κ2) is 20.0. The van der Waals surface area contributed by atoms with Crippen LogP contribution in [-0.2, 0) is 28.8 Å². The van der Waals surface area contributed by atoms with Gasteiger partial charge in [-0.2, -0.15) is 39.5 Å². The second-order valence-electron chi connectivity index (χ2n) is 10.4. The molecule has 0 aliphatic heterocycles. The van der Waals surface area contributed by atoms with Gasteiger partial charge in [0.25, 0.3) is 0 Å². The van der Waals surface area contributed by atoms with E-state index in [1.807, 2.05) is 12.4 Å². The summed E-state index contributed by atoms with van der Waals surface area (Å²) in [5.74, 6) is -8.29. The molecule has 1 radical (unpaired) electrons. The number of ketones is 6. The van der Waals surface area contributed by atoms with Crippen LogP contribution in [0.3, 0.4) is 0 Å². The van der Waals surface area contributed by atoms with Crippen molar-refractivity contribution in [3.63, 3.8) is 0 Å². The van der Waals surface area contributed by atoms with Crippen molar-refractivity contribution in [1.29, 1.82) is 0 Å². The van der Waals surface area contributed by atoms with Gasteiger partial charge >= 0.3 is 18.5 Å². The molecule has 1 aromatic carbocycles. The predicted molar refractivity (Wildman–Crippen MR) is 155 cm³/mol. The van der Waals surface area contributed by atoms with Crippen LogP contribution in [-0.4, -0.2) is 63.2 Å². The Kier molecular flexibility index (Phi) is 19.7. The molecule has 0 saturated carbocycles. The standard InChI is InChI=1S/C16H16N2.3C5H5F3O2.Eu/c1-9-7-17-15-13(11(9)3)5-6-14-12(4)10(2)8-18-16(14)15;3*1-3(9)2-4(10)5(6,7)8;/h5-8H,1-4H3;3*2H2,1H3;. The number of Topliss-reactive ketones (excluding diaryl/α,β-unsaturated/α-hetero) is 6. The van der Waals surface area contributed by atoms with Crippen molar-refractivity contribution < 1.29 is 118 Å². The fourth-order valence-corrected chi connectivity index (χ4v) is 3.37. The molecule has 0 spiro atoms. The average molecular weight is 851 g/mol. The number of hydrogen-bond donors (Lipinski definition) is 0. The van der Waals surface area contributed by atoms with E-state index in [0.29, 0.717) is 0 Å². The quantitative estimate of drug-likeness (QED) is 0.144.